The molecule has 3 atom stereocenters. The van der Waals surface area contributed by atoms with Gasteiger partial charge in [0.1, 0.15) is 11.6 Å². The number of hydrogen-bond donors (Lipinski definition) is 1. The van der Waals surface area contributed by atoms with Crippen LogP contribution in [0.4, 0.5) is 8.78 Å². The maximum absolute atomic E-state index is 13.3. The summed E-state index contributed by atoms with van der Waals surface area (Å²) in [6.07, 6.45) is 0.379. The number of benzene rings is 1. The highest BCUT2D eigenvalue weighted by Crippen LogP contribution is 2.50. The minimum atomic E-state index is -0.555. The Morgan fingerprint density at radius 3 is 2.64 bits per heavy atom. The van der Waals surface area contributed by atoms with Crippen LogP contribution in [0.5, 0.6) is 0 Å². The predicted octanol–water partition coefficient (Wildman–Crippen LogP) is 2.45. The van der Waals surface area contributed by atoms with E-state index >= 15 is 0 Å². The minimum absolute atomic E-state index is 0.0654. The van der Waals surface area contributed by atoms with Crippen molar-refractivity contribution in [3.63, 3.8) is 0 Å². The van der Waals surface area contributed by atoms with Crippen LogP contribution in [-0.4, -0.2) is 11.2 Å². The quantitative estimate of drug-likeness (QED) is 0.773. The third kappa shape index (κ3) is 1.64. The summed E-state index contributed by atoms with van der Waals surface area (Å²) in [6.45, 7) is 1.70. The fraction of sp³-hybridized carbons (Fsp3) is 0.455. The summed E-state index contributed by atoms with van der Waals surface area (Å²) in [5.74, 6) is -0.857. The molecule has 1 aromatic carbocycles. The number of aliphatic hydroxyl groups is 1. The van der Waals surface area contributed by atoms with Crippen LogP contribution < -0.4 is 0 Å². The molecule has 0 radical (unpaired) electrons. The molecule has 1 aliphatic carbocycles. The maximum atomic E-state index is 13.3. The van der Waals surface area contributed by atoms with E-state index in [0.717, 1.165) is 12.5 Å². The molecule has 76 valence electrons. The van der Waals surface area contributed by atoms with E-state index in [1.807, 2.05) is 0 Å². The lowest BCUT2D eigenvalue weighted by Crippen LogP contribution is -2.04. The Hall–Kier alpha value is -0.960. The van der Waals surface area contributed by atoms with Gasteiger partial charge in [-0.3, -0.25) is 0 Å². The average molecular weight is 198 g/mol. The van der Waals surface area contributed by atoms with E-state index in [1.165, 1.54) is 12.1 Å². The normalized spacial score (nSPS) is 27.4. The zero-order valence-electron chi connectivity index (χ0n) is 7.87. The molecule has 0 aromatic heterocycles. The lowest BCUT2D eigenvalue weighted by atomic mass is 10.1. The highest BCUT2D eigenvalue weighted by Gasteiger charge is 2.42. The van der Waals surface area contributed by atoms with Crippen molar-refractivity contribution < 1.29 is 13.9 Å². The standard InChI is InChI=1S/C11H12F2O/c1-6(14)9-5-10(9)8-3-2-7(12)4-11(8)13/h2-4,6,9-10,14H,5H2,1H3. The number of aliphatic hydroxyl groups excluding tert-OH is 1. The van der Waals surface area contributed by atoms with E-state index in [2.05, 4.69) is 0 Å². The molecule has 3 unspecified atom stereocenters. The van der Waals surface area contributed by atoms with E-state index in [1.54, 1.807) is 6.92 Å². The predicted molar refractivity (Wildman–Crippen MR) is 48.9 cm³/mol. The first-order valence-electron chi connectivity index (χ1n) is 4.72. The van der Waals surface area contributed by atoms with Crippen molar-refractivity contribution in [2.45, 2.75) is 25.4 Å². The lowest BCUT2D eigenvalue weighted by molar-refractivity contribution is 0.168. The first kappa shape index (κ1) is 9.59. The summed E-state index contributed by atoms with van der Waals surface area (Å²) in [5, 5.41) is 9.27. The average Bonchev–Trinajstić information content (AvgIpc) is 2.83. The molecule has 1 nitrogen and oxygen atoms in total. The van der Waals surface area contributed by atoms with Gasteiger partial charge in [-0.2, -0.15) is 0 Å². The van der Waals surface area contributed by atoms with Crippen molar-refractivity contribution in [1.29, 1.82) is 0 Å². The summed E-state index contributed by atoms with van der Waals surface area (Å²) >= 11 is 0. The molecule has 3 heteroatoms. The molecule has 0 bridgehead atoms. The Morgan fingerprint density at radius 2 is 2.14 bits per heavy atom. The highest BCUT2D eigenvalue weighted by molar-refractivity contribution is 5.28. The fourth-order valence-corrected chi connectivity index (χ4v) is 1.91. The third-order valence-corrected chi connectivity index (χ3v) is 2.82. The van der Waals surface area contributed by atoms with Gasteiger partial charge in [-0.1, -0.05) is 6.07 Å². The Bertz CT molecular complexity index is 349. The van der Waals surface area contributed by atoms with E-state index in [9.17, 15) is 13.9 Å². The van der Waals surface area contributed by atoms with E-state index in [4.69, 9.17) is 0 Å². The molecule has 1 aliphatic rings. The lowest BCUT2D eigenvalue weighted by Gasteiger charge is -2.04. The molecule has 0 amide bonds. The van der Waals surface area contributed by atoms with Crippen LogP contribution in [0.25, 0.3) is 0 Å². The van der Waals surface area contributed by atoms with Crippen molar-refractivity contribution in [3.8, 4) is 0 Å². The maximum Gasteiger partial charge on any atom is 0.129 e. The molecule has 0 spiro atoms. The van der Waals surface area contributed by atoms with Crippen molar-refractivity contribution in [1.82, 2.24) is 0 Å². The molecule has 14 heavy (non-hydrogen) atoms. The first-order chi connectivity index (χ1) is 6.59. The monoisotopic (exact) mass is 198 g/mol. The second kappa shape index (κ2) is 3.31. The summed E-state index contributed by atoms with van der Waals surface area (Å²) in [5.41, 5.74) is 0.525. The topological polar surface area (TPSA) is 20.2 Å². The second-order valence-corrected chi connectivity index (χ2v) is 3.91. The van der Waals surface area contributed by atoms with Crippen LogP contribution >= 0.6 is 0 Å². The fourth-order valence-electron chi connectivity index (χ4n) is 1.91. The van der Waals surface area contributed by atoms with E-state index in [0.29, 0.717) is 5.56 Å². The minimum Gasteiger partial charge on any atom is -0.393 e. The second-order valence-electron chi connectivity index (χ2n) is 3.91. The number of hydrogen-bond acceptors (Lipinski definition) is 1. The summed E-state index contributed by atoms with van der Waals surface area (Å²) in [6, 6.07) is 3.63. The smallest absolute Gasteiger partial charge is 0.129 e. The molecular weight excluding hydrogens is 186 g/mol. The van der Waals surface area contributed by atoms with Crippen molar-refractivity contribution in [2.24, 2.45) is 5.92 Å². The van der Waals surface area contributed by atoms with Crippen LogP contribution in [0.2, 0.25) is 0 Å². The van der Waals surface area contributed by atoms with Crippen molar-refractivity contribution >= 4 is 0 Å². The SMILES string of the molecule is CC(O)C1CC1c1ccc(F)cc1F. The van der Waals surface area contributed by atoms with Gasteiger partial charge in [0.05, 0.1) is 6.10 Å². The van der Waals surface area contributed by atoms with E-state index < -0.39 is 17.7 Å². The van der Waals surface area contributed by atoms with Crippen LogP contribution in [0.3, 0.4) is 0 Å². The third-order valence-electron chi connectivity index (χ3n) is 2.82. The van der Waals surface area contributed by atoms with Crippen molar-refractivity contribution in [2.75, 3.05) is 0 Å². The van der Waals surface area contributed by atoms with Crippen LogP contribution in [0.1, 0.15) is 24.8 Å². The Labute approximate surface area is 81.4 Å². The van der Waals surface area contributed by atoms with Crippen LogP contribution in [0.15, 0.2) is 18.2 Å². The summed E-state index contributed by atoms with van der Waals surface area (Å²) < 4.78 is 25.9. The van der Waals surface area contributed by atoms with Gasteiger partial charge in [-0.25, -0.2) is 8.78 Å². The summed E-state index contributed by atoms with van der Waals surface area (Å²) in [7, 11) is 0. The highest BCUT2D eigenvalue weighted by atomic mass is 19.1. The number of rotatable bonds is 2. The van der Waals surface area contributed by atoms with Gasteiger partial charge in [0.15, 0.2) is 0 Å². The first-order valence-corrected chi connectivity index (χ1v) is 4.72. The van der Waals surface area contributed by atoms with Gasteiger partial charge in [0.2, 0.25) is 0 Å². The van der Waals surface area contributed by atoms with Gasteiger partial charge in [-0.05, 0) is 36.8 Å². The van der Waals surface area contributed by atoms with Gasteiger partial charge < -0.3 is 5.11 Å². The van der Waals surface area contributed by atoms with Crippen LogP contribution in [0, 0.1) is 17.6 Å². The van der Waals surface area contributed by atoms with Gasteiger partial charge in [0.25, 0.3) is 0 Å². The molecule has 2 rings (SSSR count). The Kier molecular flexibility index (Phi) is 2.27. The van der Waals surface area contributed by atoms with Gasteiger partial charge in [0, 0.05) is 6.07 Å². The molecule has 0 saturated heterocycles. The Balaban J connectivity index is 2.19. The van der Waals surface area contributed by atoms with Gasteiger partial charge >= 0.3 is 0 Å². The molecular formula is C11H12F2O. The molecule has 0 heterocycles. The molecule has 1 aromatic rings. The largest absolute Gasteiger partial charge is 0.393 e. The van der Waals surface area contributed by atoms with Crippen molar-refractivity contribution in [3.05, 3.63) is 35.4 Å². The zero-order valence-corrected chi connectivity index (χ0v) is 7.87. The van der Waals surface area contributed by atoms with Gasteiger partial charge in [-0.15, -0.1) is 0 Å². The molecule has 1 N–H and O–H groups in total. The Morgan fingerprint density at radius 1 is 1.43 bits per heavy atom. The van der Waals surface area contributed by atoms with E-state index in [-0.39, 0.29) is 11.8 Å². The number of halogens is 2. The van der Waals surface area contributed by atoms with Crippen LogP contribution in [-0.2, 0) is 0 Å². The molecule has 0 aliphatic heterocycles. The molecule has 1 saturated carbocycles. The zero-order chi connectivity index (χ0) is 10.3. The summed E-state index contributed by atoms with van der Waals surface area (Å²) in [4.78, 5) is 0. The molecule has 1 fully saturated rings.